The number of amides is 1. The molecule has 60 valence electrons. The number of carboxylic acid groups (broad SMARTS) is 1. The van der Waals surface area contributed by atoms with E-state index < -0.39 is 17.9 Å². The summed E-state index contributed by atoms with van der Waals surface area (Å²) in [4.78, 5) is 31.5. The fourth-order valence-electron chi connectivity index (χ4n) is 0.924. The zero-order chi connectivity index (χ0) is 8.43. The molecule has 2 N–H and O–H groups in total. The lowest BCUT2D eigenvalue weighted by Gasteiger charge is -2.17. The lowest BCUT2D eigenvalue weighted by atomic mass is 10.0. The zero-order valence-corrected chi connectivity index (χ0v) is 5.66. The van der Waals surface area contributed by atoms with Gasteiger partial charge < -0.3 is 10.4 Å². The second-order valence-corrected chi connectivity index (χ2v) is 2.38. The Morgan fingerprint density at radius 2 is 2.18 bits per heavy atom. The topological polar surface area (TPSA) is 83.5 Å². The van der Waals surface area contributed by atoms with Gasteiger partial charge in [-0.05, 0) is 0 Å². The van der Waals surface area contributed by atoms with Crippen LogP contribution in [0.25, 0.3) is 0 Å². The molecule has 0 aromatic heterocycles. The van der Waals surface area contributed by atoms with Gasteiger partial charge in [-0.3, -0.25) is 9.59 Å². The van der Waals surface area contributed by atoms with E-state index >= 15 is 0 Å². The van der Waals surface area contributed by atoms with Gasteiger partial charge in [0.05, 0.1) is 6.42 Å². The van der Waals surface area contributed by atoms with Crippen LogP contribution in [-0.4, -0.2) is 28.8 Å². The first-order valence-corrected chi connectivity index (χ1v) is 3.13. The highest BCUT2D eigenvalue weighted by molar-refractivity contribution is 6.04. The molecule has 0 bridgehead atoms. The second-order valence-electron chi connectivity index (χ2n) is 2.38. The van der Waals surface area contributed by atoms with Crippen LogP contribution in [0.4, 0.5) is 0 Å². The minimum Gasteiger partial charge on any atom is -0.480 e. The van der Waals surface area contributed by atoms with Gasteiger partial charge >= 0.3 is 5.97 Å². The largest absolute Gasteiger partial charge is 0.480 e. The van der Waals surface area contributed by atoms with Gasteiger partial charge in [-0.15, -0.1) is 0 Å². The third-order valence-corrected chi connectivity index (χ3v) is 1.42. The van der Waals surface area contributed by atoms with Gasteiger partial charge in [-0.2, -0.15) is 0 Å². The van der Waals surface area contributed by atoms with Crippen LogP contribution < -0.4 is 5.32 Å². The highest BCUT2D eigenvalue weighted by atomic mass is 16.4. The molecule has 0 saturated carbocycles. The van der Waals surface area contributed by atoms with Crippen molar-refractivity contribution in [3.8, 4) is 0 Å². The Hall–Kier alpha value is -1.39. The summed E-state index contributed by atoms with van der Waals surface area (Å²) in [6.07, 6.45) is -0.287. The molecular formula is C6H7NO4. The molecule has 0 unspecified atom stereocenters. The fourth-order valence-corrected chi connectivity index (χ4v) is 0.924. The Kier molecular flexibility index (Phi) is 1.89. The standard InChI is InChI=1S/C6H7NO4/c8-3-1-4(6(10)11)7-5(9)2-3/h4H,1-2H2,(H,7,9)(H,10,11)/t4-/m0/s1. The van der Waals surface area contributed by atoms with E-state index in [2.05, 4.69) is 5.32 Å². The molecule has 1 heterocycles. The van der Waals surface area contributed by atoms with E-state index in [9.17, 15) is 14.4 Å². The molecule has 0 aromatic rings. The summed E-state index contributed by atoms with van der Waals surface area (Å²) in [5, 5.41) is 10.6. The highest BCUT2D eigenvalue weighted by Crippen LogP contribution is 2.03. The van der Waals surface area contributed by atoms with Gasteiger partial charge in [0.1, 0.15) is 11.8 Å². The average molecular weight is 157 g/mol. The molecule has 1 atom stereocenters. The molecule has 0 aromatic carbocycles. The van der Waals surface area contributed by atoms with E-state index in [0.29, 0.717) is 0 Å². The Morgan fingerprint density at radius 1 is 1.55 bits per heavy atom. The number of carbonyl (C=O) groups excluding carboxylic acids is 2. The molecule has 0 spiro atoms. The summed E-state index contributed by atoms with van der Waals surface area (Å²) in [7, 11) is 0. The van der Waals surface area contributed by atoms with Crippen LogP contribution in [0.15, 0.2) is 0 Å². The van der Waals surface area contributed by atoms with E-state index in [1.54, 1.807) is 0 Å². The van der Waals surface area contributed by atoms with Gasteiger partial charge in [0.15, 0.2) is 0 Å². The molecule has 0 aliphatic carbocycles. The normalized spacial score (nSPS) is 24.5. The van der Waals surface area contributed by atoms with E-state index in [4.69, 9.17) is 5.11 Å². The first-order chi connectivity index (χ1) is 5.09. The van der Waals surface area contributed by atoms with Crippen LogP contribution in [0.5, 0.6) is 0 Å². The SMILES string of the molecule is O=C1CC(=O)N[C@H](C(=O)O)C1. The van der Waals surface area contributed by atoms with Crippen LogP contribution in [0.1, 0.15) is 12.8 Å². The molecule has 1 amide bonds. The van der Waals surface area contributed by atoms with Gasteiger partial charge in [-0.25, -0.2) is 4.79 Å². The maximum atomic E-state index is 10.7. The summed E-state index contributed by atoms with van der Waals surface area (Å²) in [6.45, 7) is 0. The number of hydrogen-bond donors (Lipinski definition) is 2. The lowest BCUT2D eigenvalue weighted by molar-refractivity contribution is -0.146. The third-order valence-electron chi connectivity index (χ3n) is 1.42. The van der Waals surface area contributed by atoms with Gasteiger partial charge in [0.25, 0.3) is 0 Å². The van der Waals surface area contributed by atoms with Crippen molar-refractivity contribution in [1.29, 1.82) is 0 Å². The van der Waals surface area contributed by atoms with Crippen LogP contribution >= 0.6 is 0 Å². The van der Waals surface area contributed by atoms with E-state index in [1.807, 2.05) is 0 Å². The number of hydrogen-bond acceptors (Lipinski definition) is 3. The molecular weight excluding hydrogens is 150 g/mol. The van der Waals surface area contributed by atoms with Crippen LogP contribution in [-0.2, 0) is 14.4 Å². The number of ketones is 1. The molecule has 0 radical (unpaired) electrons. The Morgan fingerprint density at radius 3 is 2.64 bits per heavy atom. The molecule has 1 aliphatic rings. The smallest absolute Gasteiger partial charge is 0.326 e. The van der Waals surface area contributed by atoms with E-state index in [0.717, 1.165) is 0 Å². The molecule has 1 fully saturated rings. The zero-order valence-electron chi connectivity index (χ0n) is 5.66. The minimum atomic E-state index is -1.16. The summed E-state index contributed by atoms with van der Waals surface area (Å²) >= 11 is 0. The molecule has 5 nitrogen and oxygen atoms in total. The van der Waals surface area contributed by atoms with Gasteiger partial charge in [-0.1, -0.05) is 0 Å². The minimum absolute atomic E-state index is 0.0962. The first kappa shape index (κ1) is 7.71. The number of carboxylic acids is 1. The maximum Gasteiger partial charge on any atom is 0.326 e. The van der Waals surface area contributed by atoms with Crippen molar-refractivity contribution in [2.24, 2.45) is 0 Å². The summed E-state index contributed by atoms with van der Waals surface area (Å²) < 4.78 is 0. The van der Waals surface area contributed by atoms with Crippen LogP contribution in [0, 0.1) is 0 Å². The predicted octanol–water partition coefficient (Wildman–Crippen LogP) is -1.08. The monoisotopic (exact) mass is 157 g/mol. The molecule has 1 rings (SSSR count). The van der Waals surface area contributed by atoms with Gasteiger partial charge in [0.2, 0.25) is 5.91 Å². The quantitative estimate of drug-likeness (QED) is 0.474. The number of carbonyl (C=O) groups is 3. The van der Waals surface area contributed by atoms with Crippen LogP contribution in [0.2, 0.25) is 0 Å². The molecule has 1 saturated heterocycles. The maximum absolute atomic E-state index is 10.7. The Balaban J connectivity index is 2.63. The Bertz CT molecular complexity index is 207. The van der Waals surface area contributed by atoms with Crippen molar-refractivity contribution in [3.63, 3.8) is 0 Å². The van der Waals surface area contributed by atoms with Crippen molar-refractivity contribution in [3.05, 3.63) is 0 Å². The molecule has 1 aliphatic heterocycles. The predicted molar refractivity (Wildman–Crippen MR) is 33.8 cm³/mol. The van der Waals surface area contributed by atoms with Crippen molar-refractivity contribution in [2.75, 3.05) is 0 Å². The summed E-state index contributed by atoms with van der Waals surface area (Å²) in [5.74, 6) is -1.98. The van der Waals surface area contributed by atoms with Gasteiger partial charge in [0, 0.05) is 6.42 Å². The summed E-state index contributed by atoms with van der Waals surface area (Å²) in [6, 6.07) is -1.02. The van der Waals surface area contributed by atoms with Crippen LogP contribution in [0.3, 0.4) is 0 Å². The average Bonchev–Trinajstić information content (AvgIpc) is 1.85. The first-order valence-electron chi connectivity index (χ1n) is 3.13. The third kappa shape index (κ3) is 1.76. The molecule has 5 heteroatoms. The number of rotatable bonds is 1. The number of aliphatic carboxylic acids is 1. The van der Waals surface area contributed by atoms with Crippen molar-refractivity contribution in [1.82, 2.24) is 5.32 Å². The highest BCUT2D eigenvalue weighted by Gasteiger charge is 2.28. The number of Topliss-reactive ketones (excluding diaryl/α,β-unsaturated/α-hetero) is 1. The van der Waals surface area contributed by atoms with Crippen molar-refractivity contribution < 1.29 is 19.5 Å². The summed E-state index contributed by atoms with van der Waals surface area (Å²) in [5.41, 5.74) is 0. The van der Waals surface area contributed by atoms with E-state index in [-0.39, 0.29) is 18.6 Å². The van der Waals surface area contributed by atoms with Crippen molar-refractivity contribution in [2.45, 2.75) is 18.9 Å². The van der Waals surface area contributed by atoms with Crippen molar-refractivity contribution >= 4 is 17.7 Å². The Labute approximate surface area is 62.4 Å². The second kappa shape index (κ2) is 2.69. The number of nitrogens with one attached hydrogen (secondary N) is 1. The lowest BCUT2D eigenvalue weighted by Crippen LogP contribution is -2.47. The van der Waals surface area contributed by atoms with E-state index in [1.165, 1.54) is 0 Å². The number of piperidine rings is 1. The fraction of sp³-hybridized carbons (Fsp3) is 0.500. The molecule has 11 heavy (non-hydrogen) atoms.